The predicted octanol–water partition coefficient (Wildman–Crippen LogP) is 2.83. The zero-order valence-electron chi connectivity index (χ0n) is 13.6. The fourth-order valence-electron chi connectivity index (χ4n) is 1.83. The van der Waals surface area contributed by atoms with Gasteiger partial charge in [-0.05, 0) is 33.8 Å². The Morgan fingerprint density at radius 2 is 1.91 bits per heavy atom. The molecule has 128 valence electrons. The first-order valence-corrected chi connectivity index (χ1v) is 7.62. The smallest absolute Gasteiger partial charge is 0.408 e. The average Bonchev–Trinajstić information content (AvgIpc) is 2.43. The summed E-state index contributed by atoms with van der Waals surface area (Å²) >= 11 is 6.03. The van der Waals surface area contributed by atoms with E-state index in [1.165, 1.54) is 0 Å². The lowest BCUT2D eigenvalue weighted by molar-refractivity contribution is -0.148. The molecule has 0 saturated carbocycles. The van der Waals surface area contributed by atoms with Crippen molar-refractivity contribution in [3.05, 3.63) is 34.9 Å². The molecule has 1 amide bonds. The van der Waals surface area contributed by atoms with Crippen molar-refractivity contribution in [2.75, 3.05) is 6.61 Å². The number of alkyl carbamates (subject to hydrolysis) is 1. The van der Waals surface area contributed by atoms with Crippen molar-refractivity contribution in [2.45, 2.75) is 45.4 Å². The topological polar surface area (TPSA) is 84.9 Å². The molecule has 0 bridgehead atoms. The minimum absolute atomic E-state index is 0.112. The summed E-state index contributed by atoms with van der Waals surface area (Å²) in [5.41, 5.74) is -0.429. The average molecular weight is 344 g/mol. The van der Waals surface area contributed by atoms with Crippen molar-refractivity contribution in [3.63, 3.8) is 0 Å². The quantitative estimate of drug-likeness (QED) is 0.803. The maximum Gasteiger partial charge on any atom is 0.408 e. The third-order valence-corrected chi connectivity index (χ3v) is 3.10. The van der Waals surface area contributed by atoms with E-state index < -0.39 is 29.8 Å². The number of halogens is 1. The number of aliphatic hydroxyl groups is 1. The second kappa shape index (κ2) is 8.17. The number of esters is 1. The van der Waals surface area contributed by atoms with Crippen LogP contribution in [-0.2, 0) is 14.3 Å². The molecule has 0 saturated heterocycles. The normalized spacial score (nSPS) is 13.8. The van der Waals surface area contributed by atoms with Gasteiger partial charge in [-0.1, -0.05) is 29.8 Å². The number of nitrogens with one attached hydrogen (secondary N) is 1. The third-order valence-electron chi connectivity index (χ3n) is 2.75. The minimum Gasteiger partial charge on any atom is -0.464 e. The first-order valence-electron chi connectivity index (χ1n) is 7.24. The zero-order chi connectivity index (χ0) is 17.6. The van der Waals surface area contributed by atoms with Gasteiger partial charge in [0.2, 0.25) is 0 Å². The Morgan fingerprint density at radius 1 is 1.30 bits per heavy atom. The Labute approximate surface area is 140 Å². The molecule has 0 unspecified atom stereocenters. The molecule has 23 heavy (non-hydrogen) atoms. The number of hydrogen-bond acceptors (Lipinski definition) is 5. The number of amides is 1. The maximum absolute atomic E-state index is 12.1. The molecule has 0 aliphatic rings. The van der Waals surface area contributed by atoms with Gasteiger partial charge in [0.1, 0.15) is 11.7 Å². The Hall–Kier alpha value is -1.79. The highest BCUT2D eigenvalue weighted by Gasteiger charge is 2.33. The highest BCUT2D eigenvalue weighted by Crippen LogP contribution is 2.25. The summed E-state index contributed by atoms with van der Waals surface area (Å²) in [5.74, 6) is -0.772. The highest BCUT2D eigenvalue weighted by molar-refractivity contribution is 6.31. The molecule has 1 aromatic rings. The molecule has 0 fully saturated rings. The van der Waals surface area contributed by atoms with Crippen molar-refractivity contribution in [3.8, 4) is 0 Å². The van der Waals surface area contributed by atoms with Gasteiger partial charge >= 0.3 is 12.1 Å². The van der Waals surface area contributed by atoms with E-state index in [1.807, 2.05) is 0 Å². The molecule has 1 aromatic carbocycles. The van der Waals surface area contributed by atoms with Gasteiger partial charge in [-0.2, -0.15) is 0 Å². The monoisotopic (exact) mass is 343 g/mol. The van der Waals surface area contributed by atoms with Crippen LogP contribution in [0.3, 0.4) is 0 Å². The van der Waals surface area contributed by atoms with Crippen LogP contribution < -0.4 is 5.32 Å². The van der Waals surface area contributed by atoms with Gasteiger partial charge in [-0.15, -0.1) is 0 Å². The summed E-state index contributed by atoms with van der Waals surface area (Å²) in [6, 6.07) is 5.18. The van der Waals surface area contributed by atoms with Gasteiger partial charge < -0.3 is 19.9 Å². The Bertz CT molecular complexity index is 556. The number of aliphatic hydroxyl groups excluding tert-OH is 1. The second-order valence-electron chi connectivity index (χ2n) is 5.84. The number of carbonyl (C=O) groups is 2. The van der Waals surface area contributed by atoms with Crippen LogP contribution in [0.25, 0.3) is 0 Å². The van der Waals surface area contributed by atoms with Gasteiger partial charge in [0.15, 0.2) is 6.04 Å². The molecule has 0 aliphatic heterocycles. The van der Waals surface area contributed by atoms with E-state index in [2.05, 4.69) is 5.32 Å². The molecule has 6 nitrogen and oxygen atoms in total. The van der Waals surface area contributed by atoms with Crippen molar-refractivity contribution in [1.29, 1.82) is 0 Å². The molecule has 0 aromatic heterocycles. The lowest BCUT2D eigenvalue weighted by Crippen LogP contribution is -2.47. The third kappa shape index (κ3) is 6.08. The van der Waals surface area contributed by atoms with Crippen LogP contribution in [0.15, 0.2) is 24.3 Å². The molecule has 1 rings (SSSR count). The van der Waals surface area contributed by atoms with Gasteiger partial charge in [0.25, 0.3) is 0 Å². The van der Waals surface area contributed by atoms with Crippen LogP contribution in [0, 0.1) is 0 Å². The van der Waals surface area contributed by atoms with E-state index in [9.17, 15) is 14.7 Å². The number of ether oxygens (including phenoxy) is 2. The van der Waals surface area contributed by atoms with Crippen molar-refractivity contribution in [2.24, 2.45) is 0 Å². The molecule has 0 aliphatic carbocycles. The van der Waals surface area contributed by atoms with Crippen LogP contribution >= 0.6 is 11.6 Å². The van der Waals surface area contributed by atoms with Crippen molar-refractivity contribution < 1.29 is 24.2 Å². The van der Waals surface area contributed by atoms with E-state index in [4.69, 9.17) is 21.1 Å². The lowest BCUT2D eigenvalue weighted by Gasteiger charge is -2.26. The number of benzene rings is 1. The van der Waals surface area contributed by atoms with Crippen LogP contribution in [0.1, 0.15) is 39.4 Å². The lowest BCUT2D eigenvalue weighted by atomic mass is 10.0. The summed E-state index contributed by atoms with van der Waals surface area (Å²) in [6.07, 6.45) is -2.20. The molecule has 0 heterocycles. The Morgan fingerprint density at radius 3 is 2.43 bits per heavy atom. The van der Waals surface area contributed by atoms with Gasteiger partial charge in [-0.25, -0.2) is 9.59 Å². The zero-order valence-corrected chi connectivity index (χ0v) is 14.4. The number of hydrogen-bond donors (Lipinski definition) is 2. The summed E-state index contributed by atoms with van der Waals surface area (Å²) in [7, 11) is 0. The van der Waals surface area contributed by atoms with Crippen LogP contribution in [0.2, 0.25) is 5.02 Å². The van der Waals surface area contributed by atoms with Crippen LogP contribution in [-0.4, -0.2) is 35.4 Å². The van der Waals surface area contributed by atoms with Gasteiger partial charge in [0, 0.05) is 10.6 Å². The fraction of sp³-hybridized carbons (Fsp3) is 0.500. The van der Waals surface area contributed by atoms with E-state index >= 15 is 0 Å². The Balaban J connectivity index is 2.99. The van der Waals surface area contributed by atoms with E-state index in [-0.39, 0.29) is 11.6 Å². The van der Waals surface area contributed by atoms with Gasteiger partial charge in [-0.3, -0.25) is 0 Å². The Kier molecular flexibility index (Phi) is 6.84. The first-order chi connectivity index (χ1) is 10.7. The van der Waals surface area contributed by atoms with Crippen molar-refractivity contribution >= 4 is 23.7 Å². The van der Waals surface area contributed by atoms with E-state index in [0.29, 0.717) is 5.56 Å². The predicted molar refractivity (Wildman–Crippen MR) is 86.2 cm³/mol. The molecular weight excluding hydrogens is 322 g/mol. The highest BCUT2D eigenvalue weighted by atomic mass is 35.5. The van der Waals surface area contributed by atoms with E-state index in [1.54, 1.807) is 52.0 Å². The maximum atomic E-state index is 12.1. The van der Waals surface area contributed by atoms with Crippen LogP contribution in [0.5, 0.6) is 0 Å². The largest absolute Gasteiger partial charge is 0.464 e. The molecular formula is C16H22ClNO5. The molecule has 0 radical (unpaired) electrons. The number of rotatable bonds is 5. The minimum atomic E-state index is -1.37. The fourth-order valence-corrected chi connectivity index (χ4v) is 2.08. The van der Waals surface area contributed by atoms with Gasteiger partial charge in [0.05, 0.1) is 6.61 Å². The van der Waals surface area contributed by atoms with Crippen LogP contribution in [0.4, 0.5) is 4.79 Å². The summed E-state index contributed by atoms with van der Waals surface area (Å²) in [5, 5.41) is 13.1. The summed E-state index contributed by atoms with van der Waals surface area (Å²) in [6.45, 7) is 6.81. The number of carbonyl (C=O) groups excluding carboxylic acids is 2. The SMILES string of the molecule is CCOC(=O)[C@H](NC(=O)OC(C)(C)C)[C@@H](O)c1ccccc1Cl. The molecule has 2 N–H and O–H groups in total. The first kappa shape index (κ1) is 19.3. The van der Waals surface area contributed by atoms with E-state index in [0.717, 1.165) is 0 Å². The summed E-state index contributed by atoms with van der Waals surface area (Å²) in [4.78, 5) is 24.0. The van der Waals surface area contributed by atoms with Crippen molar-refractivity contribution in [1.82, 2.24) is 5.32 Å². The molecule has 0 spiro atoms. The second-order valence-corrected chi connectivity index (χ2v) is 6.25. The summed E-state index contributed by atoms with van der Waals surface area (Å²) < 4.78 is 10.0. The molecule has 7 heteroatoms. The molecule has 2 atom stereocenters. The standard InChI is InChI=1S/C16H22ClNO5/c1-5-22-14(20)12(18-15(21)23-16(2,3)4)13(19)10-8-6-7-9-11(10)17/h6-9,12-13,19H,5H2,1-4H3,(H,18,21)/t12-,13+/m1/s1.